The lowest BCUT2D eigenvalue weighted by Crippen LogP contribution is -2.42. The summed E-state index contributed by atoms with van der Waals surface area (Å²) in [5, 5.41) is 5.36. The van der Waals surface area contributed by atoms with Gasteiger partial charge in [0.2, 0.25) is 5.91 Å². The molecule has 0 spiro atoms. The van der Waals surface area contributed by atoms with E-state index in [0.29, 0.717) is 35.2 Å². The van der Waals surface area contributed by atoms with Crippen LogP contribution >= 0.6 is 0 Å². The molecule has 0 atom stereocenters. The molecule has 0 saturated heterocycles. The number of benzene rings is 3. The van der Waals surface area contributed by atoms with Crippen LogP contribution < -0.4 is 25.2 Å². The maximum Gasteiger partial charge on any atom is 0.338 e. The van der Waals surface area contributed by atoms with E-state index in [0.717, 1.165) is 36.1 Å². The number of hydrogen-bond donors (Lipinski definition) is 2. The van der Waals surface area contributed by atoms with Crippen molar-refractivity contribution in [1.82, 2.24) is 5.32 Å². The zero-order valence-electron chi connectivity index (χ0n) is 29.6. The van der Waals surface area contributed by atoms with Gasteiger partial charge in [-0.1, -0.05) is 56.4 Å². The molecule has 0 bridgehead atoms. The summed E-state index contributed by atoms with van der Waals surface area (Å²) >= 11 is 0. The maximum absolute atomic E-state index is 13.8. The number of aryl methyl sites for hydroxylation is 2. The predicted molar refractivity (Wildman–Crippen MR) is 193 cm³/mol. The standard InChI is InChI=1S/C39H50N4O6/c1-27-21-28(2)23-32(22-27)42(6)36(45)26-48-34-18-11-10-17-33(34)43(20-19-29-13-8-7-9-14-29)35(44)25-40-38(47)41-31-16-12-15-30(24-31)37(46)49-39(3,4)5/h10-12,15-18,21-24,29H,7-9,13-14,19-20,25-26H2,1-6H3,(H2,40,41,47). The Balaban J connectivity index is 1.44. The van der Waals surface area contributed by atoms with Crippen molar-refractivity contribution >= 4 is 40.9 Å². The number of para-hydroxylation sites is 2. The lowest BCUT2D eigenvalue weighted by molar-refractivity contribution is -0.120. The second-order valence-electron chi connectivity index (χ2n) is 13.8. The minimum atomic E-state index is -0.656. The second kappa shape index (κ2) is 17.0. The first-order valence-electron chi connectivity index (χ1n) is 17.0. The van der Waals surface area contributed by atoms with E-state index in [2.05, 4.69) is 16.7 Å². The zero-order valence-corrected chi connectivity index (χ0v) is 29.6. The molecule has 0 aromatic heterocycles. The summed E-state index contributed by atoms with van der Waals surface area (Å²) in [4.78, 5) is 55.6. The number of ether oxygens (including phenoxy) is 2. The van der Waals surface area contributed by atoms with Crippen LogP contribution in [0.2, 0.25) is 0 Å². The van der Waals surface area contributed by atoms with E-state index in [4.69, 9.17) is 9.47 Å². The molecule has 0 unspecified atom stereocenters. The number of amides is 4. The van der Waals surface area contributed by atoms with Crippen LogP contribution in [0.1, 0.15) is 80.8 Å². The van der Waals surface area contributed by atoms with Crippen molar-refractivity contribution in [2.45, 2.75) is 78.7 Å². The van der Waals surface area contributed by atoms with E-state index in [1.165, 1.54) is 25.3 Å². The molecule has 10 nitrogen and oxygen atoms in total. The molecule has 0 heterocycles. The van der Waals surface area contributed by atoms with Crippen LogP contribution in [-0.2, 0) is 14.3 Å². The van der Waals surface area contributed by atoms with Crippen molar-refractivity contribution in [1.29, 1.82) is 0 Å². The molecule has 1 aliphatic rings. The Morgan fingerprint density at radius 2 is 1.55 bits per heavy atom. The lowest BCUT2D eigenvalue weighted by atomic mass is 9.87. The van der Waals surface area contributed by atoms with Gasteiger partial charge in [-0.25, -0.2) is 9.59 Å². The molecule has 4 rings (SSSR count). The fraction of sp³-hybridized carbons (Fsp3) is 0.436. The highest BCUT2D eigenvalue weighted by molar-refractivity contribution is 6.00. The van der Waals surface area contributed by atoms with Gasteiger partial charge in [-0.3, -0.25) is 9.59 Å². The smallest absolute Gasteiger partial charge is 0.338 e. The van der Waals surface area contributed by atoms with Gasteiger partial charge >= 0.3 is 12.0 Å². The van der Waals surface area contributed by atoms with Gasteiger partial charge in [0.15, 0.2) is 6.61 Å². The Hall–Kier alpha value is -4.86. The summed E-state index contributed by atoms with van der Waals surface area (Å²) < 4.78 is 11.5. The lowest BCUT2D eigenvalue weighted by Gasteiger charge is -2.29. The summed E-state index contributed by atoms with van der Waals surface area (Å²) in [7, 11) is 1.72. The van der Waals surface area contributed by atoms with Crippen LogP contribution in [0.15, 0.2) is 66.7 Å². The van der Waals surface area contributed by atoms with Crippen LogP contribution in [0.25, 0.3) is 0 Å². The number of nitrogens with one attached hydrogen (secondary N) is 2. The van der Waals surface area contributed by atoms with Crippen molar-refractivity contribution in [2.75, 3.05) is 41.9 Å². The fourth-order valence-electron chi connectivity index (χ4n) is 5.98. The molecule has 49 heavy (non-hydrogen) atoms. The van der Waals surface area contributed by atoms with Crippen molar-refractivity contribution in [3.8, 4) is 5.75 Å². The van der Waals surface area contributed by atoms with E-state index in [1.54, 1.807) is 74.0 Å². The highest BCUT2D eigenvalue weighted by Crippen LogP contribution is 2.31. The van der Waals surface area contributed by atoms with E-state index in [-0.39, 0.29) is 25.0 Å². The third-order valence-corrected chi connectivity index (χ3v) is 8.42. The summed E-state index contributed by atoms with van der Waals surface area (Å²) in [5.74, 6) is -0.124. The van der Waals surface area contributed by atoms with Gasteiger partial charge in [0.05, 0.1) is 17.8 Å². The topological polar surface area (TPSA) is 117 Å². The Bertz CT molecular complexity index is 1610. The minimum absolute atomic E-state index is 0.214. The van der Waals surface area contributed by atoms with Crippen molar-refractivity contribution in [3.63, 3.8) is 0 Å². The van der Waals surface area contributed by atoms with Gasteiger partial charge < -0.3 is 29.9 Å². The number of likely N-dealkylation sites (N-methyl/N-ethyl adjacent to an activating group) is 1. The molecule has 4 amide bonds. The average molecular weight is 671 g/mol. The zero-order chi connectivity index (χ0) is 35.6. The van der Waals surface area contributed by atoms with Gasteiger partial charge in [-0.15, -0.1) is 0 Å². The van der Waals surface area contributed by atoms with E-state index < -0.39 is 17.6 Å². The Morgan fingerprint density at radius 3 is 2.24 bits per heavy atom. The minimum Gasteiger partial charge on any atom is -0.482 e. The Labute approximate surface area is 290 Å². The SMILES string of the molecule is Cc1cc(C)cc(N(C)C(=O)COc2ccccc2N(CCC2CCCCC2)C(=O)CNC(=O)Nc2cccc(C(=O)OC(C)(C)C)c2)c1. The highest BCUT2D eigenvalue weighted by atomic mass is 16.6. The fourth-order valence-corrected chi connectivity index (χ4v) is 5.98. The van der Waals surface area contributed by atoms with Gasteiger partial charge in [-0.05, 0) is 101 Å². The quantitative estimate of drug-likeness (QED) is 0.194. The summed E-state index contributed by atoms with van der Waals surface area (Å²) in [6.07, 6.45) is 6.68. The molecule has 1 saturated carbocycles. The number of rotatable bonds is 12. The van der Waals surface area contributed by atoms with Crippen molar-refractivity contribution in [3.05, 3.63) is 83.4 Å². The van der Waals surface area contributed by atoms with Crippen molar-refractivity contribution in [2.24, 2.45) is 5.92 Å². The van der Waals surface area contributed by atoms with Gasteiger partial charge in [0.25, 0.3) is 5.91 Å². The molecule has 262 valence electrons. The molecule has 2 N–H and O–H groups in total. The third-order valence-electron chi connectivity index (χ3n) is 8.42. The first kappa shape index (κ1) is 37.0. The number of nitrogens with zero attached hydrogens (tertiary/aromatic N) is 2. The average Bonchev–Trinajstić information content (AvgIpc) is 3.06. The molecule has 1 fully saturated rings. The monoisotopic (exact) mass is 670 g/mol. The largest absolute Gasteiger partial charge is 0.482 e. The summed E-state index contributed by atoms with van der Waals surface area (Å²) in [6.45, 7) is 9.29. The number of carbonyl (C=O) groups is 4. The van der Waals surface area contributed by atoms with Crippen LogP contribution in [0.4, 0.5) is 21.9 Å². The molecular formula is C39H50N4O6. The van der Waals surface area contributed by atoms with Crippen LogP contribution in [-0.4, -0.2) is 56.2 Å². The van der Waals surface area contributed by atoms with Crippen LogP contribution in [0.5, 0.6) is 5.75 Å². The van der Waals surface area contributed by atoms with Gasteiger partial charge in [-0.2, -0.15) is 0 Å². The van der Waals surface area contributed by atoms with Gasteiger partial charge in [0.1, 0.15) is 11.4 Å². The summed E-state index contributed by atoms with van der Waals surface area (Å²) in [5.41, 5.74) is 3.47. The molecule has 0 radical (unpaired) electrons. The van der Waals surface area contributed by atoms with E-state index in [9.17, 15) is 19.2 Å². The summed E-state index contributed by atoms with van der Waals surface area (Å²) in [6, 6.07) is 19.0. The molecule has 10 heteroatoms. The van der Waals surface area contributed by atoms with E-state index in [1.807, 2.05) is 32.0 Å². The maximum atomic E-state index is 13.8. The van der Waals surface area contributed by atoms with Crippen LogP contribution in [0, 0.1) is 19.8 Å². The van der Waals surface area contributed by atoms with Crippen molar-refractivity contribution < 1.29 is 28.7 Å². The molecule has 1 aliphatic carbocycles. The number of esters is 1. The Kier molecular flexibility index (Phi) is 12.8. The number of anilines is 3. The number of carbonyl (C=O) groups excluding carboxylic acids is 4. The first-order valence-corrected chi connectivity index (χ1v) is 17.0. The number of urea groups is 1. The normalized spacial score (nSPS) is 13.3. The molecule has 3 aromatic rings. The van der Waals surface area contributed by atoms with Gasteiger partial charge in [0, 0.05) is 25.0 Å². The first-order chi connectivity index (χ1) is 23.3. The Morgan fingerprint density at radius 1 is 0.857 bits per heavy atom. The molecule has 0 aliphatic heterocycles. The van der Waals surface area contributed by atoms with Crippen LogP contribution in [0.3, 0.4) is 0 Å². The third kappa shape index (κ3) is 11.4. The van der Waals surface area contributed by atoms with E-state index >= 15 is 0 Å². The number of hydrogen-bond acceptors (Lipinski definition) is 6. The predicted octanol–water partition coefficient (Wildman–Crippen LogP) is 7.43. The molecule has 3 aromatic carbocycles. The second-order valence-corrected chi connectivity index (χ2v) is 13.8. The molecular weight excluding hydrogens is 620 g/mol. The highest BCUT2D eigenvalue weighted by Gasteiger charge is 2.24.